The highest BCUT2D eigenvalue weighted by atomic mass is 16.7. The number of amides is 2. The van der Waals surface area contributed by atoms with Gasteiger partial charge in [0, 0.05) is 38.4 Å². The van der Waals surface area contributed by atoms with E-state index >= 15 is 0 Å². The van der Waals surface area contributed by atoms with Crippen LogP contribution in [0.1, 0.15) is 44.0 Å². The highest BCUT2D eigenvalue weighted by molar-refractivity contribution is 6.00. The van der Waals surface area contributed by atoms with Crippen LogP contribution in [0.5, 0.6) is 11.5 Å². The number of fused-ring (bicyclic) bond motifs is 2. The van der Waals surface area contributed by atoms with Gasteiger partial charge in [0.15, 0.2) is 11.5 Å². The van der Waals surface area contributed by atoms with Gasteiger partial charge in [-0.25, -0.2) is 0 Å². The summed E-state index contributed by atoms with van der Waals surface area (Å²) < 4.78 is 18.1. The number of nitrogens with zero attached hydrogens (tertiary/aromatic N) is 2. The topological polar surface area (TPSA) is 111 Å². The third kappa shape index (κ3) is 5.99. The third-order valence-electron chi connectivity index (χ3n) is 6.54. The molecule has 2 N–H and O–H groups in total. The zero-order valence-corrected chi connectivity index (χ0v) is 21.3. The number of pyridine rings is 1. The van der Waals surface area contributed by atoms with Crippen molar-refractivity contribution < 1.29 is 23.8 Å². The first kappa shape index (κ1) is 26.0. The molecule has 2 aliphatic heterocycles. The molecule has 4 rings (SSSR count). The number of benzene rings is 1. The van der Waals surface area contributed by atoms with E-state index in [1.54, 1.807) is 18.3 Å². The van der Waals surface area contributed by atoms with Crippen LogP contribution < -0.4 is 25.5 Å². The Kier molecular flexibility index (Phi) is 8.48. The fraction of sp³-hybridized carbons (Fsp3) is 0.577. The van der Waals surface area contributed by atoms with Gasteiger partial charge in [-0.3, -0.25) is 19.3 Å². The molecule has 2 aromatic rings. The molecule has 0 bridgehead atoms. The van der Waals surface area contributed by atoms with Gasteiger partial charge in [-0.2, -0.15) is 0 Å². The molecule has 0 radical (unpaired) electrons. The van der Waals surface area contributed by atoms with E-state index in [9.17, 15) is 14.4 Å². The second-order valence-corrected chi connectivity index (χ2v) is 9.63. The molecule has 1 aromatic carbocycles. The van der Waals surface area contributed by atoms with Gasteiger partial charge in [-0.1, -0.05) is 13.8 Å². The molecule has 10 nitrogen and oxygen atoms in total. The largest absolute Gasteiger partial charge is 0.454 e. The molecule has 0 saturated carbocycles. The highest BCUT2D eigenvalue weighted by Gasteiger charge is 2.25. The third-order valence-corrected chi connectivity index (χ3v) is 6.54. The minimum atomic E-state index is -0.734. The van der Waals surface area contributed by atoms with E-state index in [0.29, 0.717) is 41.9 Å². The molecule has 1 atom stereocenters. The first-order valence-corrected chi connectivity index (χ1v) is 12.7. The zero-order valence-electron chi connectivity index (χ0n) is 21.3. The van der Waals surface area contributed by atoms with Crippen LogP contribution in [0.25, 0.3) is 10.9 Å². The van der Waals surface area contributed by atoms with Crippen molar-refractivity contribution in [1.82, 2.24) is 20.1 Å². The second-order valence-electron chi connectivity index (χ2n) is 9.63. The Morgan fingerprint density at radius 1 is 1.11 bits per heavy atom. The van der Waals surface area contributed by atoms with Gasteiger partial charge in [0.2, 0.25) is 18.1 Å². The molecule has 2 amide bonds. The van der Waals surface area contributed by atoms with Crippen LogP contribution in [-0.2, 0) is 16.1 Å². The van der Waals surface area contributed by atoms with Gasteiger partial charge < -0.3 is 29.4 Å². The van der Waals surface area contributed by atoms with Crippen molar-refractivity contribution >= 4 is 22.7 Å². The zero-order chi connectivity index (χ0) is 25.7. The molecule has 1 fully saturated rings. The summed E-state index contributed by atoms with van der Waals surface area (Å²) in [5.74, 6) is 0.436. The van der Waals surface area contributed by atoms with E-state index in [0.717, 1.165) is 39.3 Å². The summed E-state index contributed by atoms with van der Waals surface area (Å²) in [5, 5.41) is 6.15. The van der Waals surface area contributed by atoms with Crippen molar-refractivity contribution in [3.8, 4) is 11.5 Å². The van der Waals surface area contributed by atoms with E-state index in [-0.39, 0.29) is 24.2 Å². The van der Waals surface area contributed by atoms with Gasteiger partial charge >= 0.3 is 0 Å². The highest BCUT2D eigenvalue weighted by Crippen LogP contribution is 2.35. The van der Waals surface area contributed by atoms with E-state index in [4.69, 9.17) is 14.2 Å². The Hall–Kier alpha value is -3.11. The molecule has 1 aromatic heterocycles. The van der Waals surface area contributed by atoms with Crippen LogP contribution in [0.2, 0.25) is 0 Å². The number of hydrogen-bond acceptors (Lipinski definition) is 7. The minimum Gasteiger partial charge on any atom is -0.454 e. The maximum absolute atomic E-state index is 13.3. The smallest absolute Gasteiger partial charge is 0.257 e. The summed E-state index contributed by atoms with van der Waals surface area (Å²) in [5.41, 5.74) is 0.261. The lowest BCUT2D eigenvalue weighted by atomic mass is 10.0. The van der Waals surface area contributed by atoms with E-state index in [1.807, 2.05) is 25.3 Å². The Labute approximate surface area is 210 Å². The lowest BCUT2D eigenvalue weighted by Gasteiger charge is -2.26. The van der Waals surface area contributed by atoms with E-state index < -0.39 is 17.4 Å². The average Bonchev–Trinajstić information content (AvgIpc) is 3.33. The molecule has 10 heteroatoms. The average molecular weight is 501 g/mol. The van der Waals surface area contributed by atoms with Gasteiger partial charge in [0.05, 0.1) is 24.1 Å². The maximum Gasteiger partial charge on any atom is 0.257 e. The quantitative estimate of drug-likeness (QED) is 0.478. The standard InChI is InChI=1S/C26H36N4O6/c1-4-30-15-19(24(31)18-13-22-23(14-21(18)30)36-16-35-22)25(32)28-20(12-17(2)3)26(33)27-6-5-7-29-8-10-34-11-9-29/h13-15,17,20H,4-12,16H2,1-3H3,(H,27,33)(H,28,32). The monoisotopic (exact) mass is 500 g/mol. The van der Waals surface area contributed by atoms with Crippen molar-refractivity contribution in [1.29, 1.82) is 0 Å². The maximum atomic E-state index is 13.3. The number of morpholine rings is 1. The summed E-state index contributed by atoms with van der Waals surface area (Å²) in [6, 6.07) is 2.65. The van der Waals surface area contributed by atoms with Crippen LogP contribution in [0, 0.1) is 5.92 Å². The summed E-state index contributed by atoms with van der Waals surface area (Å²) in [6.07, 6.45) is 2.83. The predicted molar refractivity (Wildman–Crippen MR) is 136 cm³/mol. The molecule has 1 unspecified atom stereocenters. The Balaban J connectivity index is 1.46. The number of aryl methyl sites for hydroxylation is 1. The van der Waals surface area contributed by atoms with Crippen LogP contribution in [0.15, 0.2) is 23.1 Å². The van der Waals surface area contributed by atoms with Gasteiger partial charge in [0.1, 0.15) is 11.6 Å². The van der Waals surface area contributed by atoms with E-state index in [2.05, 4.69) is 15.5 Å². The lowest BCUT2D eigenvalue weighted by Crippen LogP contribution is -2.48. The normalized spacial score (nSPS) is 16.3. The number of rotatable bonds is 10. The Morgan fingerprint density at radius 3 is 2.53 bits per heavy atom. The number of ether oxygens (including phenoxy) is 3. The van der Waals surface area contributed by atoms with E-state index in [1.165, 1.54) is 0 Å². The molecule has 196 valence electrons. The van der Waals surface area contributed by atoms with Crippen LogP contribution >= 0.6 is 0 Å². The molecule has 2 aliphatic rings. The van der Waals surface area contributed by atoms with Crippen molar-refractivity contribution in [3.05, 3.63) is 34.1 Å². The predicted octanol–water partition coefficient (Wildman–Crippen LogP) is 1.73. The van der Waals surface area contributed by atoms with Crippen LogP contribution in [0.4, 0.5) is 0 Å². The summed E-state index contributed by atoms with van der Waals surface area (Å²) >= 11 is 0. The molecule has 0 aliphatic carbocycles. The summed E-state index contributed by atoms with van der Waals surface area (Å²) in [4.78, 5) is 41.8. The molecule has 0 spiro atoms. The Bertz CT molecular complexity index is 1160. The first-order valence-electron chi connectivity index (χ1n) is 12.7. The fourth-order valence-electron chi connectivity index (χ4n) is 4.60. The van der Waals surface area contributed by atoms with Gasteiger partial charge in [-0.05, 0) is 38.3 Å². The van der Waals surface area contributed by atoms with Crippen molar-refractivity contribution in [2.45, 2.75) is 46.2 Å². The van der Waals surface area contributed by atoms with Crippen molar-refractivity contribution in [2.24, 2.45) is 5.92 Å². The number of carbonyl (C=O) groups is 2. The molecule has 36 heavy (non-hydrogen) atoms. The van der Waals surface area contributed by atoms with Crippen LogP contribution in [0.3, 0.4) is 0 Å². The molecular formula is C26H36N4O6. The number of carbonyl (C=O) groups excluding carboxylic acids is 2. The van der Waals surface area contributed by atoms with Crippen molar-refractivity contribution in [3.63, 3.8) is 0 Å². The summed E-state index contributed by atoms with van der Waals surface area (Å²) in [7, 11) is 0. The van der Waals surface area contributed by atoms with Gasteiger partial charge in [0.25, 0.3) is 5.91 Å². The molecule has 1 saturated heterocycles. The number of aromatic nitrogens is 1. The Morgan fingerprint density at radius 2 is 1.83 bits per heavy atom. The number of hydrogen-bond donors (Lipinski definition) is 2. The number of nitrogens with one attached hydrogen (secondary N) is 2. The molecule has 3 heterocycles. The van der Waals surface area contributed by atoms with Crippen LogP contribution in [-0.4, -0.2) is 73.5 Å². The second kappa shape index (κ2) is 11.7. The van der Waals surface area contributed by atoms with Gasteiger partial charge in [-0.15, -0.1) is 0 Å². The fourth-order valence-corrected chi connectivity index (χ4v) is 4.60. The minimum absolute atomic E-state index is 0.00270. The summed E-state index contributed by atoms with van der Waals surface area (Å²) in [6.45, 7) is 11.3. The first-order chi connectivity index (χ1) is 17.4. The molecular weight excluding hydrogens is 464 g/mol. The van der Waals surface area contributed by atoms with Crippen molar-refractivity contribution in [2.75, 3.05) is 46.2 Å². The lowest BCUT2D eigenvalue weighted by molar-refractivity contribution is -0.123. The SMILES string of the molecule is CCn1cc(C(=O)NC(CC(C)C)C(=O)NCCCN2CCOCC2)c(=O)c2cc3c(cc21)OCO3.